The Kier molecular flexibility index (Phi) is 6.74. The fourth-order valence-electron chi connectivity index (χ4n) is 3.26. The summed E-state index contributed by atoms with van der Waals surface area (Å²) in [6.45, 7) is 2.00. The zero-order chi connectivity index (χ0) is 24.2. The predicted molar refractivity (Wildman–Crippen MR) is 130 cm³/mol. The van der Waals surface area contributed by atoms with Gasteiger partial charge in [0.1, 0.15) is 6.61 Å². The average Bonchev–Trinajstić information content (AvgIpc) is 3.19. The van der Waals surface area contributed by atoms with Gasteiger partial charge < -0.3 is 14.2 Å². The molecule has 0 aromatic heterocycles. The highest BCUT2D eigenvalue weighted by molar-refractivity contribution is 9.10. The van der Waals surface area contributed by atoms with E-state index in [0.717, 1.165) is 10.0 Å². The molecule has 1 heterocycles. The number of nitrogens with zero attached hydrogens (tertiary/aromatic N) is 2. The highest BCUT2D eigenvalue weighted by Gasteiger charge is 2.26. The second kappa shape index (κ2) is 9.88. The van der Waals surface area contributed by atoms with Crippen LogP contribution in [-0.4, -0.2) is 23.9 Å². The fourth-order valence-corrected chi connectivity index (χ4v) is 3.53. The second-order valence-electron chi connectivity index (χ2n) is 7.42. The van der Waals surface area contributed by atoms with Gasteiger partial charge >= 0.3 is 5.97 Å². The van der Waals surface area contributed by atoms with Crippen molar-refractivity contribution < 1.29 is 23.9 Å². The van der Waals surface area contributed by atoms with E-state index in [9.17, 15) is 14.9 Å². The molecule has 0 unspecified atom stereocenters. The number of halogens is 1. The number of hydrogen-bond donors (Lipinski definition) is 0. The average molecular weight is 523 g/mol. The van der Waals surface area contributed by atoms with Crippen LogP contribution in [0.5, 0.6) is 11.5 Å². The molecule has 3 aromatic carbocycles. The van der Waals surface area contributed by atoms with Gasteiger partial charge in [-0.05, 0) is 54.5 Å². The van der Waals surface area contributed by atoms with Gasteiger partial charge in [-0.1, -0.05) is 40.2 Å². The summed E-state index contributed by atoms with van der Waals surface area (Å²) in [5.41, 5.74) is 2.51. The molecule has 0 spiro atoms. The van der Waals surface area contributed by atoms with Crippen molar-refractivity contribution in [1.82, 2.24) is 0 Å². The Labute approximate surface area is 203 Å². The van der Waals surface area contributed by atoms with E-state index in [0.29, 0.717) is 34.8 Å². The minimum absolute atomic E-state index is 0.0146. The minimum atomic E-state index is -0.646. The number of benzene rings is 3. The van der Waals surface area contributed by atoms with Crippen molar-refractivity contribution in [3.8, 4) is 11.5 Å². The molecule has 8 nitrogen and oxygen atoms in total. The normalized spacial score (nSPS) is 14.0. The van der Waals surface area contributed by atoms with Crippen molar-refractivity contribution in [2.75, 3.05) is 7.11 Å². The van der Waals surface area contributed by atoms with Crippen LogP contribution in [0.3, 0.4) is 0 Å². The molecule has 9 heteroatoms. The number of nitro benzene ring substituents is 1. The van der Waals surface area contributed by atoms with Gasteiger partial charge in [0.15, 0.2) is 17.2 Å². The van der Waals surface area contributed by atoms with Gasteiger partial charge in [0, 0.05) is 21.7 Å². The van der Waals surface area contributed by atoms with Gasteiger partial charge in [0.05, 0.1) is 12.0 Å². The number of ether oxygens (including phenoxy) is 3. The van der Waals surface area contributed by atoms with Crippen LogP contribution in [-0.2, 0) is 16.1 Å². The first kappa shape index (κ1) is 23.2. The highest BCUT2D eigenvalue weighted by atomic mass is 79.9. The quantitative estimate of drug-likeness (QED) is 0.173. The Morgan fingerprint density at radius 3 is 2.56 bits per heavy atom. The minimum Gasteiger partial charge on any atom is -0.493 e. The molecule has 0 amide bonds. The zero-order valence-corrected chi connectivity index (χ0v) is 19.9. The molecule has 0 saturated carbocycles. The van der Waals surface area contributed by atoms with Gasteiger partial charge in [0.2, 0.25) is 5.90 Å². The van der Waals surface area contributed by atoms with Crippen LogP contribution >= 0.6 is 15.9 Å². The number of nitro groups is 1. The first-order chi connectivity index (χ1) is 16.3. The number of aliphatic imine (C=N–C) groups is 1. The molecule has 34 heavy (non-hydrogen) atoms. The third-order valence-corrected chi connectivity index (χ3v) is 5.60. The topological polar surface area (TPSA) is 100 Å². The molecule has 172 valence electrons. The number of carbonyl (C=O) groups excluding carboxylic acids is 1. The maximum atomic E-state index is 12.4. The largest absolute Gasteiger partial charge is 0.493 e. The molecular weight excluding hydrogens is 504 g/mol. The van der Waals surface area contributed by atoms with Gasteiger partial charge in [-0.2, -0.15) is 0 Å². The van der Waals surface area contributed by atoms with Crippen molar-refractivity contribution >= 4 is 39.6 Å². The summed E-state index contributed by atoms with van der Waals surface area (Å²) < 4.78 is 17.6. The smallest absolute Gasteiger partial charge is 0.363 e. The Balaban J connectivity index is 1.55. The second-order valence-corrected chi connectivity index (χ2v) is 8.34. The number of rotatable bonds is 7. The number of cyclic esters (lactones) is 1. The number of methoxy groups -OCH3 is 1. The lowest BCUT2D eigenvalue weighted by molar-refractivity contribution is -0.385. The third-order valence-electron chi connectivity index (χ3n) is 5.07. The number of hydrogen-bond acceptors (Lipinski definition) is 7. The van der Waals surface area contributed by atoms with E-state index >= 15 is 0 Å². The molecule has 3 aromatic rings. The molecular formula is C25H19BrN2O6. The molecule has 0 aliphatic carbocycles. The summed E-state index contributed by atoms with van der Waals surface area (Å²) in [4.78, 5) is 27.3. The van der Waals surface area contributed by atoms with Crippen LogP contribution in [0.1, 0.15) is 22.3 Å². The van der Waals surface area contributed by atoms with Gasteiger partial charge in [-0.25, -0.2) is 9.79 Å². The predicted octanol–water partition coefficient (Wildman–Crippen LogP) is 5.60. The summed E-state index contributed by atoms with van der Waals surface area (Å²) in [5, 5.41) is 11.2. The maximum absolute atomic E-state index is 12.4. The number of aryl methyl sites for hydroxylation is 1. The zero-order valence-electron chi connectivity index (χ0n) is 18.3. The lowest BCUT2D eigenvalue weighted by atomic mass is 10.1. The van der Waals surface area contributed by atoms with Crippen molar-refractivity contribution in [2.24, 2.45) is 4.99 Å². The Morgan fingerprint density at radius 1 is 1.09 bits per heavy atom. The highest BCUT2D eigenvalue weighted by Crippen LogP contribution is 2.31. The Morgan fingerprint density at radius 2 is 1.85 bits per heavy atom. The SMILES string of the molecule is COc1cc(/C=C2\N=C(c3ccc(C)c([N+](=O)[O-])c3)OC2=O)ccc1OCc1ccc(Br)cc1. The monoisotopic (exact) mass is 522 g/mol. The summed E-state index contributed by atoms with van der Waals surface area (Å²) in [5.74, 6) is 0.419. The van der Waals surface area contributed by atoms with Crippen LogP contribution in [0.4, 0.5) is 5.69 Å². The summed E-state index contributed by atoms with van der Waals surface area (Å²) in [6, 6.07) is 17.6. The first-order valence-electron chi connectivity index (χ1n) is 10.2. The van der Waals surface area contributed by atoms with Gasteiger partial charge in [-0.15, -0.1) is 0 Å². The molecule has 0 N–H and O–H groups in total. The van der Waals surface area contributed by atoms with Crippen molar-refractivity contribution in [3.05, 3.63) is 103 Å². The fraction of sp³-hybridized carbons (Fsp3) is 0.120. The molecule has 1 aliphatic rings. The van der Waals surface area contributed by atoms with Crippen molar-refractivity contribution in [3.63, 3.8) is 0 Å². The Bertz CT molecular complexity index is 1330. The van der Waals surface area contributed by atoms with E-state index in [1.807, 2.05) is 24.3 Å². The van der Waals surface area contributed by atoms with Crippen molar-refractivity contribution in [2.45, 2.75) is 13.5 Å². The molecule has 0 atom stereocenters. The molecule has 0 saturated heterocycles. The van der Waals surface area contributed by atoms with E-state index in [-0.39, 0.29) is 17.3 Å². The van der Waals surface area contributed by atoms with Crippen LogP contribution in [0.15, 0.2) is 75.8 Å². The van der Waals surface area contributed by atoms with Crippen LogP contribution in [0.25, 0.3) is 6.08 Å². The molecule has 1 aliphatic heterocycles. The molecule has 0 fully saturated rings. The van der Waals surface area contributed by atoms with Crippen molar-refractivity contribution in [1.29, 1.82) is 0 Å². The first-order valence-corrected chi connectivity index (χ1v) is 11.0. The van der Waals surface area contributed by atoms with Gasteiger partial charge in [0.25, 0.3) is 5.69 Å². The lowest BCUT2D eigenvalue weighted by Gasteiger charge is -2.11. The maximum Gasteiger partial charge on any atom is 0.363 e. The Hall–Kier alpha value is -3.98. The van der Waals surface area contributed by atoms with E-state index in [1.54, 1.807) is 43.3 Å². The van der Waals surface area contributed by atoms with E-state index < -0.39 is 10.9 Å². The van der Waals surface area contributed by atoms with E-state index in [2.05, 4.69) is 20.9 Å². The van der Waals surface area contributed by atoms with Gasteiger partial charge in [-0.3, -0.25) is 10.1 Å². The van der Waals surface area contributed by atoms with Crippen LogP contribution in [0, 0.1) is 17.0 Å². The molecule has 0 bridgehead atoms. The molecule has 4 rings (SSSR count). The van der Waals surface area contributed by atoms with Crippen LogP contribution < -0.4 is 9.47 Å². The summed E-state index contributed by atoms with van der Waals surface area (Å²) in [7, 11) is 1.53. The number of esters is 1. The molecule has 0 radical (unpaired) electrons. The summed E-state index contributed by atoms with van der Waals surface area (Å²) in [6.07, 6.45) is 1.55. The summed E-state index contributed by atoms with van der Waals surface area (Å²) >= 11 is 3.41. The standard InChI is InChI=1S/C25H19BrN2O6/c1-15-3-7-18(13-21(15)28(30)31)24-27-20(25(29)34-24)11-17-6-10-22(23(12-17)32-2)33-14-16-4-8-19(26)9-5-16/h3-13H,14H2,1-2H3/b20-11-. The van der Waals surface area contributed by atoms with Crippen LogP contribution in [0.2, 0.25) is 0 Å². The number of carbonyl (C=O) groups is 1. The third kappa shape index (κ3) is 5.15. The van der Waals surface area contributed by atoms with E-state index in [1.165, 1.54) is 13.2 Å². The lowest BCUT2D eigenvalue weighted by Crippen LogP contribution is -2.06. The van der Waals surface area contributed by atoms with E-state index in [4.69, 9.17) is 14.2 Å².